The Morgan fingerprint density at radius 3 is 2.74 bits per heavy atom. The number of nitrogens with zero attached hydrogens (tertiary/aromatic N) is 2. The molecule has 1 saturated heterocycles. The molecule has 1 aliphatic rings. The molecular weight excluding hydrogens is 241 g/mol. The van der Waals surface area contributed by atoms with Crippen molar-refractivity contribution in [1.82, 2.24) is 10.3 Å². The fraction of sp³-hybridized carbons (Fsp3) is 0.667. The Balaban J connectivity index is 2.10. The van der Waals surface area contributed by atoms with Gasteiger partial charge in [0.25, 0.3) is 0 Å². The second-order valence-corrected chi connectivity index (χ2v) is 5.81. The summed E-state index contributed by atoms with van der Waals surface area (Å²) in [5.74, 6) is 1.10. The van der Waals surface area contributed by atoms with Crippen LogP contribution in [-0.4, -0.2) is 24.1 Å². The third-order valence-electron chi connectivity index (χ3n) is 3.73. The third-order valence-corrected chi connectivity index (χ3v) is 3.73. The van der Waals surface area contributed by atoms with Gasteiger partial charge in [0.15, 0.2) is 11.6 Å². The Morgan fingerprint density at radius 1 is 1.42 bits per heavy atom. The maximum atomic E-state index is 14.5. The second-order valence-electron chi connectivity index (χ2n) is 5.81. The number of halogens is 1. The van der Waals surface area contributed by atoms with Crippen molar-refractivity contribution < 1.29 is 4.39 Å². The number of piperidine rings is 1. The zero-order chi connectivity index (χ0) is 13.8. The second kappa shape index (κ2) is 6.33. The van der Waals surface area contributed by atoms with E-state index in [1.54, 1.807) is 12.3 Å². The van der Waals surface area contributed by atoms with Gasteiger partial charge >= 0.3 is 0 Å². The summed E-state index contributed by atoms with van der Waals surface area (Å²) < 4.78 is 14.5. The summed E-state index contributed by atoms with van der Waals surface area (Å²) in [6.07, 6.45) is 3.96. The van der Waals surface area contributed by atoms with Gasteiger partial charge in [0.1, 0.15) is 0 Å². The van der Waals surface area contributed by atoms with E-state index in [1.165, 1.54) is 0 Å². The first-order valence-electron chi connectivity index (χ1n) is 7.19. The topological polar surface area (TPSA) is 28.2 Å². The number of hydrogen-bond donors (Lipinski definition) is 1. The lowest BCUT2D eigenvalue weighted by Gasteiger charge is -2.31. The zero-order valence-electron chi connectivity index (χ0n) is 12.1. The van der Waals surface area contributed by atoms with Crippen LogP contribution in [0.5, 0.6) is 0 Å². The summed E-state index contributed by atoms with van der Waals surface area (Å²) in [7, 11) is 0. The molecule has 3 nitrogen and oxygen atoms in total. The molecule has 106 valence electrons. The van der Waals surface area contributed by atoms with Crippen molar-refractivity contribution in [2.75, 3.05) is 18.0 Å². The van der Waals surface area contributed by atoms with Crippen LogP contribution in [0.25, 0.3) is 0 Å². The van der Waals surface area contributed by atoms with Crippen molar-refractivity contribution in [3.8, 4) is 0 Å². The first kappa shape index (κ1) is 14.3. The molecule has 0 amide bonds. The van der Waals surface area contributed by atoms with Gasteiger partial charge in [-0.15, -0.1) is 0 Å². The molecule has 0 saturated carbocycles. The Bertz CT molecular complexity index is 412. The average Bonchev–Trinajstić information content (AvgIpc) is 2.39. The van der Waals surface area contributed by atoms with Crippen molar-refractivity contribution in [2.45, 2.75) is 46.2 Å². The molecule has 1 N–H and O–H groups in total. The molecule has 2 rings (SSSR count). The van der Waals surface area contributed by atoms with E-state index in [4.69, 9.17) is 0 Å². The molecule has 0 aliphatic carbocycles. The van der Waals surface area contributed by atoms with E-state index in [0.29, 0.717) is 24.0 Å². The van der Waals surface area contributed by atoms with Gasteiger partial charge in [-0.2, -0.15) is 0 Å². The number of aromatic nitrogens is 1. The molecular formula is C15H24FN3. The van der Waals surface area contributed by atoms with E-state index < -0.39 is 0 Å². The van der Waals surface area contributed by atoms with E-state index in [1.807, 2.05) is 0 Å². The van der Waals surface area contributed by atoms with Crippen molar-refractivity contribution >= 4 is 5.82 Å². The van der Waals surface area contributed by atoms with Crippen LogP contribution in [0.2, 0.25) is 0 Å². The molecule has 19 heavy (non-hydrogen) atoms. The quantitative estimate of drug-likeness (QED) is 0.907. The summed E-state index contributed by atoms with van der Waals surface area (Å²) >= 11 is 0. The van der Waals surface area contributed by atoms with Gasteiger partial charge in [-0.25, -0.2) is 9.37 Å². The van der Waals surface area contributed by atoms with Gasteiger partial charge in [-0.05, 0) is 24.8 Å². The maximum absolute atomic E-state index is 14.5. The largest absolute Gasteiger partial charge is 0.354 e. The molecule has 0 bridgehead atoms. The molecule has 1 aliphatic heterocycles. The van der Waals surface area contributed by atoms with Crippen molar-refractivity contribution in [3.63, 3.8) is 0 Å². The highest BCUT2D eigenvalue weighted by molar-refractivity contribution is 5.43. The van der Waals surface area contributed by atoms with Crippen LogP contribution in [-0.2, 0) is 6.54 Å². The van der Waals surface area contributed by atoms with E-state index in [-0.39, 0.29) is 5.82 Å². The molecule has 1 fully saturated rings. The molecule has 0 spiro atoms. The summed E-state index contributed by atoms with van der Waals surface area (Å²) in [4.78, 5) is 6.32. The van der Waals surface area contributed by atoms with Crippen LogP contribution in [0.4, 0.5) is 10.2 Å². The minimum Gasteiger partial charge on any atom is -0.354 e. The Kier molecular flexibility index (Phi) is 4.75. The normalized spacial score (nSPS) is 17.2. The van der Waals surface area contributed by atoms with Crippen LogP contribution >= 0.6 is 0 Å². The predicted molar refractivity (Wildman–Crippen MR) is 76.8 cm³/mol. The lowest BCUT2D eigenvalue weighted by Crippen LogP contribution is -2.34. The van der Waals surface area contributed by atoms with Gasteiger partial charge in [0, 0.05) is 37.4 Å². The highest BCUT2D eigenvalue weighted by Crippen LogP contribution is 2.25. The summed E-state index contributed by atoms with van der Waals surface area (Å²) in [5, 5.41) is 3.25. The first-order chi connectivity index (χ1) is 9.08. The maximum Gasteiger partial charge on any atom is 0.170 e. The lowest BCUT2D eigenvalue weighted by atomic mass is 9.99. The fourth-order valence-electron chi connectivity index (χ4n) is 2.36. The minimum absolute atomic E-state index is 0.162. The third kappa shape index (κ3) is 3.66. The fourth-order valence-corrected chi connectivity index (χ4v) is 2.36. The lowest BCUT2D eigenvalue weighted by molar-refractivity contribution is 0.431. The van der Waals surface area contributed by atoms with E-state index in [0.717, 1.165) is 31.8 Å². The molecule has 0 unspecified atom stereocenters. The molecule has 1 aromatic heterocycles. The summed E-state index contributed by atoms with van der Waals surface area (Å²) in [6, 6.07) is 2.12. The molecule has 4 heteroatoms. The van der Waals surface area contributed by atoms with Gasteiger partial charge < -0.3 is 10.2 Å². The highest BCUT2D eigenvalue weighted by Gasteiger charge is 2.21. The summed E-state index contributed by atoms with van der Waals surface area (Å²) in [5.41, 5.74) is 0.706. The van der Waals surface area contributed by atoms with Crippen LogP contribution < -0.4 is 10.2 Å². The van der Waals surface area contributed by atoms with Crippen molar-refractivity contribution in [2.24, 2.45) is 5.92 Å². The number of pyridine rings is 1. The molecule has 0 radical (unpaired) electrons. The van der Waals surface area contributed by atoms with Gasteiger partial charge in [-0.1, -0.05) is 20.8 Å². The Hall–Kier alpha value is -1.16. The first-order valence-corrected chi connectivity index (χ1v) is 7.19. The van der Waals surface area contributed by atoms with Crippen molar-refractivity contribution in [3.05, 3.63) is 23.6 Å². The Morgan fingerprint density at radius 2 is 2.11 bits per heavy atom. The van der Waals surface area contributed by atoms with E-state index in [2.05, 4.69) is 36.0 Å². The highest BCUT2D eigenvalue weighted by atomic mass is 19.1. The SMILES string of the molecule is CC1CCN(c2nccc(CNC(C)C)c2F)CC1. The number of hydrogen-bond acceptors (Lipinski definition) is 3. The number of anilines is 1. The molecule has 2 heterocycles. The monoisotopic (exact) mass is 265 g/mol. The number of nitrogens with one attached hydrogen (secondary N) is 1. The molecule has 1 aromatic rings. The Labute approximate surface area is 115 Å². The zero-order valence-corrected chi connectivity index (χ0v) is 12.1. The predicted octanol–water partition coefficient (Wildman–Crippen LogP) is 2.96. The average molecular weight is 265 g/mol. The van der Waals surface area contributed by atoms with Crippen LogP contribution in [0.3, 0.4) is 0 Å². The van der Waals surface area contributed by atoms with E-state index in [9.17, 15) is 4.39 Å². The van der Waals surface area contributed by atoms with Gasteiger partial charge in [0.2, 0.25) is 0 Å². The smallest absolute Gasteiger partial charge is 0.170 e. The summed E-state index contributed by atoms with van der Waals surface area (Å²) in [6.45, 7) is 8.75. The molecule has 0 atom stereocenters. The van der Waals surface area contributed by atoms with Crippen LogP contribution in [0.1, 0.15) is 39.2 Å². The van der Waals surface area contributed by atoms with Crippen LogP contribution in [0.15, 0.2) is 12.3 Å². The standard InChI is InChI=1S/C15H24FN3/c1-11(2)18-10-13-4-7-17-15(14(13)16)19-8-5-12(3)6-9-19/h4,7,11-12,18H,5-6,8-10H2,1-3H3. The molecule has 0 aromatic carbocycles. The van der Waals surface area contributed by atoms with Gasteiger partial charge in [-0.3, -0.25) is 0 Å². The van der Waals surface area contributed by atoms with Crippen LogP contribution in [0, 0.1) is 11.7 Å². The number of rotatable bonds is 4. The van der Waals surface area contributed by atoms with E-state index >= 15 is 0 Å². The minimum atomic E-state index is -0.162. The van der Waals surface area contributed by atoms with Gasteiger partial charge in [0.05, 0.1) is 0 Å². The van der Waals surface area contributed by atoms with Crippen molar-refractivity contribution in [1.29, 1.82) is 0 Å².